The molecule has 2 atom stereocenters. The fraction of sp³-hybridized carbons (Fsp3) is 0.647. The first kappa shape index (κ1) is 16.8. The van der Waals surface area contributed by atoms with Crippen molar-refractivity contribution in [1.82, 2.24) is 0 Å². The van der Waals surface area contributed by atoms with Gasteiger partial charge in [-0.25, -0.2) is 0 Å². The maximum Gasteiger partial charge on any atom is 0.0511 e. The van der Waals surface area contributed by atoms with Gasteiger partial charge >= 0.3 is 0 Å². The molecule has 1 aromatic rings. The van der Waals surface area contributed by atoms with Crippen LogP contribution in [-0.4, -0.2) is 32.8 Å². The molecule has 1 heterocycles. The molecule has 3 nitrogen and oxygen atoms in total. The molecule has 0 amide bonds. The number of anilines is 1. The van der Waals surface area contributed by atoms with E-state index in [-0.39, 0.29) is 6.04 Å². The summed E-state index contributed by atoms with van der Waals surface area (Å²) < 4.78 is 6.72. The van der Waals surface area contributed by atoms with Gasteiger partial charge in [-0.3, -0.25) is 0 Å². The number of halogens is 1. The zero-order valence-electron chi connectivity index (χ0n) is 13.1. The van der Waals surface area contributed by atoms with Gasteiger partial charge in [-0.05, 0) is 49.3 Å². The fourth-order valence-electron chi connectivity index (χ4n) is 2.93. The summed E-state index contributed by atoms with van der Waals surface area (Å²) in [5, 5.41) is 0. The monoisotopic (exact) mass is 354 g/mol. The van der Waals surface area contributed by atoms with E-state index in [0.717, 1.165) is 37.1 Å². The minimum Gasteiger partial charge on any atom is -0.381 e. The maximum absolute atomic E-state index is 6.15. The summed E-state index contributed by atoms with van der Waals surface area (Å²) in [5.41, 5.74) is 8.78. The van der Waals surface area contributed by atoms with E-state index in [1.54, 1.807) is 0 Å². The smallest absolute Gasteiger partial charge is 0.0511 e. The Balaban J connectivity index is 2.09. The van der Waals surface area contributed by atoms with Crippen molar-refractivity contribution < 1.29 is 4.74 Å². The van der Waals surface area contributed by atoms with Crippen LogP contribution in [0.2, 0.25) is 0 Å². The van der Waals surface area contributed by atoms with Gasteiger partial charge in [0.1, 0.15) is 0 Å². The number of hydrogen-bond acceptors (Lipinski definition) is 3. The summed E-state index contributed by atoms with van der Waals surface area (Å²) in [4.78, 5) is 2.36. The highest BCUT2D eigenvalue weighted by Crippen LogP contribution is 2.27. The average molecular weight is 355 g/mol. The minimum absolute atomic E-state index is 0.233. The third-order valence-corrected chi connectivity index (χ3v) is 4.74. The van der Waals surface area contributed by atoms with Crippen LogP contribution in [0.4, 0.5) is 5.69 Å². The van der Waals surface area contributed by atoms with Crippen molar-refractivity contribution in [3.8, 4) is 0 Å². The molecule has 0 aromatic heterocycles. The van der Waals surface area contributed by atoms with Crippen LogP contribution in [-0.2, 0) is 11.2 Å². The Morgan fingerprint density at radius 3 is 2.95 bits per heavy atom. The largest absolute Gasteiger partial charge is 0.381 e. The highest BCUT2D eigenvalue weighted by Gasteiger charge is 2.18. The summed E-state index contributed by atoms with van der Waals surface area (Å²) >= 11 is 3.59. The van der Waals surface area contributed by atoms with Crippen LogP contribution in [0, 0.1) is 5.92 Å². The van der Waals surface area contributed by atoms with Gasteiger partial charge < -0.3 is 15.4 Å². The van der Waals surface area contributed by atoms with E-state index in [2.05, 4.69) is 53.0 Å². The van der Waals surface area contributed by atoms with Crippen LogP contribution in [0.3, 0.4) is 0 Å². The molecule has 1 aliphatic rings. The van der Waals surface area contributed by atoms with Crippen molar-refractivity contribution in [3.63, 3.8) is 0 Å². The molecule has 1 aliphatic heterocycles. The van der Waals surface area contributed by atoms with Crippen LogP contribution in [0.15, 0.2) is 22.7 Å². The molecule has 1 aromatic carbocycles. The van der Waals surface area contributed by atoms with Crippen molar-refractivity contribution in [2.24, 2.45) is 11.7 Å². The van der Waals surface area contributed by atoms with Crippen molar-refractivity contribution in [3.05, 3.63) is 28.2 Å². The molecule has 118 valence electrons. The minimum atomic E-state index is 0.233. The van der Waals surface area contributed by atoms with Crippen molar-refractivity contribution in [1.29, 1.82) is 0 Å². The van der Waals surface area contributed by atoms with Gasteiger partial charge in [-0.15, -0.1) is 0 Å². The lowest BCUT2D eigenvalue weighted by Crippen LogP contribution is -2.32. The van der Waals surface area contributed by atoms with Gasteiger partial charge in [0.05, 0.1) is 6.61 Å². The van der Waals surface area contributed by atoms with Crippen LogP contribution in [0.5, 0.6) is 0 Å². The Hall–Kier alpha value is -0.580. The molecule has 0 saturated carbocycles. The lowest BCUT2D eigenvalue weighted by molar-refractivity contribution is 0.0576. The molecular weight excluding hydrogens is 328 g/mol. The van der Waals surface area contributed by atoms with E-state index >= 15 is 0 Å². The predicted molar refractivity (Wildman–Crippen MR) is 92.9 cm³/mol. The predicted octanol–water partition coefficient (Wildman–Crippen LogP) is 3.59. The zero-order chi connectivity index (χ0) is 15.2. The van der Waals surface area contributed by atoms with Gasteiger partial charge in [0.25, 0.3) is 0 Å². The number of nitrogens with zero attached hydrogens (tertiary/aromatic N) is 1. The number of benzene rings is 1. The van der Waals surface area contributed by atoms with Gasteiger partial charge in [0.2, 0.25) is 0 Å². The quantitative estimate of drug-likeness (QED) is 0.848. The third kappa shape index (κ3) is 4.97. The third-order valence-electron chi connectivity index (χ3n) is 4.25. The number of rotatable bonds is 6. The van der Waals surface area contributed by atoms with Crippen LogP contribution >= 0.6 is 15.9 Å². The molecule has 0 bridgehead atoms. The summed E-state index contributed by atoms with van der Waals surface area (Å²) in [6.45, 7) is 5.01. The van der Waals surface area contributed by atoms with Gasteiger partial charge in [0, 0.05) is 36.4 Å². The first-order valence-corrected chi connectivity index (χ1v) is 8.72. The lowest BCUT2D eigenvalue weighted by Gasteiger charge is -2.30. The van der Waals surface area contributed by atoms with E-state index in [4.69, 9.17) is 10.5 Å². The van der Waals surface area contributed by atoms with E-state index < -0.39 is 0 Å². The molecule has 0 radical (unpaired) electrons. The number of hydrogen-bond donors (Lipinski definition) is 1. The number of ether oxygens (including phenoxy) is 1. The normalized spacial score (nSPS) is 20.3. The molecule has 1 saturated heterocycles. The number of nitrogens with two attached hydrogens (primary N) is 1. The molecule has 2 N–H and O–H groups in total. The van der Waals surface area contributed by atoms with Crippen molar-refractivity contribution in [2.45, 2.75) is 38.6 Å². The van der Waals surface area contributed by atoms with Gasteiger partial charge in [-0.1, -0.05) is 28.9 Å². The second-order valence-corrected chi connectivity index (χ2v) is 7.02. The second kappa shape index (κ2) is 8.16. The molecule has 2 rings (SSSR count). The average Bonchev–Trinajstić information content (AvgIpc) is 2.49. The molecule has 0 aliphatic carbocycles. The highest BCUT2D eigenvalue weighted by molar-refractivity contribution is 9.10. The Kier molecular flexibility index (Phi) is 6.52. The lowest BCUT2D eigenvalue weighted by atomic mass is 9.99. The van der Waals surface area contributed by atoms with E-state index in [0.29, 0.717) is 5.92 Å². The van der Waals surface area contributed by atoms with E-state index in [9.17, 15) is 0 Å². The van der Waals surface area contributed by atoms with E-state index in [1.807, 2.05) is 0 Å². The molecule has 2 unspecified atom stereocenters. The van der Waals surface area contributed by atoms with Gasteiger partial charge in [-0.2, -0.15) is 0 Å². The summed E-state index contributed by atoms with van der Waals surface area (Å²) in [5.74, 6) is 0.635. The summed E-state index contributed by atoms with van der Waals surface area (Å²) in [6.07, 6.45) is 4.40. The molecule has 4 heteroatoms. The van der Waals surface area contributed by atoms with Crippen molar-refractivity contribution in [2.75, 3.05) is 31.7 Å². The summed E-state index contributed by atoms with van der Waals surface area (Å²) in [6, 6.07) is 6.75. The standard InChI is InChI=1S/C17H27BrN2O/c1-3-16(19)9-14-6-7-15(18)10-17(14)20(2)11-13-5-4-8-21-12-13/h6-7,10,13,16H,3-5,8-9,11-12,19H2,1-2H3. The molecule has 0 spiro atoms. The van der Waals surface area contributed by atoms with Crippen LogP contribution in [0.25, 0.3) is 0 Å². The van der Waals surface area contributed by atoms with Gasteiger partial charge in [0.15, 0.2) is 0 Å². The fourth-order valence-corrected chi connectivity index (χ4v) is 3.28. The highest BCUT2D eigenvalue weighted by atomic mass is 79.9. The summed E-state index contributed by atoms with van der Waals surface area (Å²) in [7, 11) is 2.18. The first-order chi connectivity index (χ1) is 10.1. The van der Waals surface area contributed by atoms with Crippen LogP contribution in [0.1, 0.15) is 31.7 Å². The van der Waals surface area contributed by atoms with Crippen LogP contribution < -0.4 is 10.6 Å². The zero-order valence-corrected chi connectivity index (χ0v) is 14.7. The second-order valence-electron chi connectivity index (χ2n) is 6.11. The van der Waals surface area contributed by atoms with E-state index in [1.165, 1.54) is 24.1 Å². The van der Waals surface area contributed by atoms with Crippen molar-refractivity contribution >= 4 is 21.6 Å². The maximum atomic E-state index is 6.15. The molecule has 1 fully saturated rings. The Bertz CT molecular complexity index is 446. The SMILES string of the molecule is CCC(N)Cc1ccc(Br)cc1N(C)CC1CCCOC1. The molecular formula is C17H27BrN2O. The topological polar surface area (TPSA) is 38.5 Å². The Morgan fingerprint density at radius 2 is 2.29 bits per heavy atom. The first-order valence-electron chi connectivity index (χ1n) is 7.93. The molecule has 21 heavy (non-hydrogen) atoms. The Labute approximate surface area is 137 Å². The Morgan fingerprint density at radius 1 is 1.48 bits per heavy atom.